The van der Waals surface area contributed by atoms with Crippen LogP contribution < -0.4 is 10.6 Å². The van der Waals surface area contributed by atoms with E-state index in [9.17, 15) is 24.3 Å². The molecule has 5 atom stereocenters. The van der Waals surface area contributed by atoms with Crippen LogP contribution in [-0.4, -0.2) is 75.0 Å². The Balaban J connectivity index is 1.44. The number of hydrogen-bond donors (Lipinski definition) is 3. The van der Waals surface area contributed by atoms with Crippen LogP contribution >= 0.6 is 11.6 Å². The van der Waals surface area contributed by atoms with Crippen molar-refractivity contribution >= 4 is 41.2 Å². The normalized spacial score (nSPS) is 31.9. The number of carboxylic acids is 1. The van der Waals surface area contributed by atoms with Gasteiger partial charge in [0.2, 0.25) is 11.8 Å². The molecular weight excluding hydrogens is 576 g/mol. The Labute approximate surface area is 256 Å². The summed E-state index contributed by atoms with van der Waals surface area (Å²) in [6, 6.07) is 5.21. The largest absolute Gasteiger partial charge is 0.479 e. The second kappa shape index (κ2) is 11.8. The summed E-state index contributed by atoms with van der Waals surface area (Å²) in [7, 11) is 0. The molecule has 5 rings (SSSR count). The summed E-state index contributed by atoms with van der Waals surface area (Å²) in [5.41, 5.74) is -1.79. The summed E-state index contributed by atoms with van der Waals surface area (Å²) in [4.78, 5) is 60.6. The van der Waals surface area contributed by atoms with Crippen LogP contribution in [0, 0.1) is 5.92 Å². The number of carbonyl (C=O) groups excluding carboxylic acids is 3. The molecular formula is C31H39ClN4O7. The van der Waals surface area contributed by atoms with E-state index in [0.29, 0.717) is 30.0 Å². The Bertz CT molecular complexity index is 1360. The second-order valence-corrected chi connectivity index (χ2v) is 13.5. The van der Waals surface area contributed by atoms with Gasteiger partial charge in [0, 0.05) is 29.3 Å². The quantitative estimate of drug-likeness (QED) is 0.433. The van der Waals surface area contributed by atoms with Crippen molar-refractivity contribution in [2.75, 3.05) is 6.54 Å². The van der Waals surface area contributed by atoms with Crippen LogP contribution in [0.1, 0.15) is 77.7 Å². The number of amides is 3. The highest BCUT2D eigenvalue weighted by Crippen LogP contribution is 2.46. The van der Waals surface area contributed by atoms with E-state index in [0.717, 1.165) is 24.8 Å². The van der Waals surface area contributed by atoms with Gasteiger partial charge >= 0.3 is 12.1 Å². The molecule has 1 saturated carbocycles. The zero-order valence-electron chi connectivity index (χ0n) is 24.7. The average molecular weight is 615 g/mol. The van der Waals surface area contributed by atoms with Gasteiger partial charge in [0.05, 0.1) is 12.3 Å². The lowest BCUT2D eigenvalue weighted by atomic mass is 9.91. The zero-order chi connectivity index (χ0) is 31.0. The molecule has 1 spiro atoms. The number of halogens is 1. The molecule has 1 aromatic carbocycles. The summed E-state index contributed by atoms with van der Waals surface area (Å²) < 4.78 is 5.44. The summed E-state index contributed by atoms with van der Waals surface area (Å²) >= 11 is 6.19. The second-order valence-electron chi connectivity index (χ2n) is 13.0. The number of aliphatic carboxylic acids is 1. The fourth-order valence-corrected chi connectivity index (χ4v) is 6.36. The Morgan fingerprint density at radius 2 is 2.00 bits per heavy atom. The third kappa shape index (κ3) is 6.82. The van der Waals surface area contributed by atoms with Crippen LogP contribution in [0.5, 0.6) is 0 Å². The molecule has 43 heavy (non-hydrogen) atoms. The first-order chi connectivity index (χ1) is 20.3. The third-order valence-electron chi connectivity index (χ3n) is 8.45. The third-order valence-corrected chi connectivity index (χ3v) is 8.68. The number of hydrogen-bond acceptors (Lipinski definition) is 7. The van der Waals surface area contributed by atoms with Crippen LogP contribution in [0.2, 0.25) is 5.02 Å². The van der Waals surface area contributed by atoms with Gasteiger partial charge in [-0.05, 0) is 58.6 Å². The van der Waals surface area contributed by atoms with Crippen molar-refractivity contribution in [3.63, 3.8) is 0 Å². The van der Waals surface area contributed by atoms with E-state index < -0.39 is 52.7 Å². The standard InChI is InChI=1S/C31H39ClN4O7/c1-29(2,3)42-28(41)33-22-13-8-6-4-5-7-11-20-15-31(20,27(39)40)34-25(37)24-17-30(18-36(24)26(22)38)16-23(35-43-30)19-10-9-12-21(32)14-19/h7,9-12,14,20,22,24H,4-6,8,13,15-18H2,1-3H3,(H,33,41)(H,34,37)(H,39,40)/b11-7-/t20-,22-,24+,30+,31?/m1/s1. The lowest BCUT2D eigenvalue weighted by Crippen LogP contribution is -2.56. The first kappa shape index (κ1) is 30.8. The minimum absolute atomic E-state index is 0.0351. The van der Waals surface area contributed by atoms with E-state index in [-0.39, 0.29) is 25.3 Å². The van der Waals surface area contributed by atoms with Crippen molar-refractivity contribution in [2.24, 2.45) is 11.1 Å². The number of nitrogens with one attached hydrogen (secondary N) is 2. The van der Waals surface area contributed by atoms with Crippen molar-refractivity contribution in [3.8, 4) is 0 Å². The molecule has 0 radical (unpaired) electrons. The number of oxime groups is 1. The van der Waals surface area contributed by atoms with E-state index in [1.54, 1.807) is 39.0 Å². The zero-order valence-corrected chi connectivity index (χ0v) is 25.5. The monoisotopic (exact) mass is 614 g/mol. The lowest BCUT2D eigenvalue weighted by Gasteiger charge is -2.30. The summed E-state index contributed by atoms with van der Waals surface area (Å²) in [5, 5.41) is 20.4. The van der Waals surface area contributed by atoms with Crippen molar-refractivity contribution < 1.29 is 33.9 Å². The van der Waals surface area contributed by atoms with Crippen molar-refractivity contribution in [1.29, 1.82) is 0 Å². The molecule has 1 aliphatic carbocycles. The number of carbonyl (C=O) groups is 4. The van der Waals surface area contributed by atoms with Gasteiger partial charge in [-0.2, -0.15) is 0 Å². The number of carboxylic acid groups (broad SMARTS) is 1. The number of nitrogens with zero attached hydrogens (tertiary/aromatic N) is 2. The molecule has 11 nitrogen and oxygen atoms in total. The van der Waals surface area contributed by atoms with Crippen molar-refractivity contribution in [2.45, 2.75) is 101 Å². The predicted octanol–water partition coefficient (Wildman–Crippen LogP) is 4.18. The smallest absolute Gasteiger partial charge is 0.408 e. The van der Waals surface area contributed by atoms with Crippen LogP contribution in [0.3, 0.4) is 0 Å². The average Bonchev–Trinajstić information content (AvgIpc) is 3.27. The molecule has 2 fully saturated rings. The predicted molar refractivity (Wildman–Crippen MR) is 159 cm³/mol. The van der Waals surface area contributed by atoms with Gasteiger partial charge in [0.25, 0.3) is 0 Å². The van der Waals surface area contributed by atoms with Crippen LogP contribution in [0.4, 0.5) is 4.79 Å². The molecule has 12 heteroatoms. The highest BCUT2D eigenvalue weighted by Gasteiger charge is 2.62. The molecule has 0 aromatic heterocycles. The Kier molecular flexibility index (Phi) is 8.48. The molecule has 1 aromatic rings. The van der Waals surface area contributed by atoms with Gasteiger partial charge in [0.15, 0.2) is 5.60 Å². The van der Waals surface area contributed by atoms with Gasteiger partial charge in [-0.15, -0.1) is 0 Å². The van der Waals surface area contributed by atoms with E-state index in [1.807, 2.05) is 18.2 Å². The summed E-state index contributed by atoms with van der Waals surface area (Å²) in [5.74, 6) is -2.47. The van der Waals surface area contributed by atoms with Crippen molar-refractivity contribution in [1.82, 2.24) is 15.5 Å². The number of allylic oxidation sites excluding steroid dienone is 1. The minimum Gasteiger partial charge on any atom is -0.479 e. The number of alkyl carbamates (subject to hydrolysis) is 1. The highest BCUT2D eigenvalue weighted by molar-refractivity contribution is 6.31. The minimum atomic E-state index is -1.43. The SMILES string of the molecule is CC(C)(C)OC(=O)N[C@@H]1CCCCC/C=C\[C@@H]2CC2(C(=O)O)NC(=O)[C@@H]2C[C@@]3(CC(c4cccc(Cl)c4)=NO3)CN2C1=O. The molecule has 3 N–H and O–H groups in total. The van der Waals surface area contributed by atoms with Gasteiger partial charge in [-0.1, -0.05) is 53.9 Å². The molecule has 3 amide bonds. The van der Waals surface area contributed by atoms with Gasteiger partial charge < -0.3 is 30.2 Å². The Morgan fingerprint density at radius 1 is 1.21 bits per heavy atom. The summed E-state index contributed by atoms with van der Waals surface area (Å²) in [6.45, 7) is 5.25. The topological polar surface area (TPSA) is 147 Å². The number of fused-ring (bicyclic) bond motifs is 2. The number of benzene rings is 1. The van der Waals surface area contributed by atoms with Crippen molar-refractivity contribution in [3.05, 3.63) is 47.0 Å². The van der Waals surface area contributed by atoms with Crippen LogP contribution in [0.25, 0.3) is 0 Å². The van der Waals surface area contributed by atoms with Crippen LogP contribution in [-0.2, 0) is 24.0 Å². The first-order valence-electron chi connectivity index (χ1n) is 14.8. The molecule has 1 saturated heterocycles. The first-order valence-corrected chi connectivity index (χ1v) is 15.2. The maximum Gasteiger partial charge on any atom is 0.408 e. The number of ether oxygens (including phenoxy) is 1. The molecule has 232 valence electrons. The maximum absolute atomic E-state index is 14.2. The van der Waals surface area contributed by atoms with E-state index in [1.165, 1.54) is 4.90 Å². The van der Waals surface area contributed by atoms with Crippen LogP contribution in [0.15, 0.2) is 41.6 Å². The van der Waals surface area contributed by atoms with E-state index >= 15 is 0 Å². The van der Waals surface area contributed by atoms with Gasteiger partial charge in [-0.25, -0.2) is 9.59 Å². The summed E-state index contributed by atoms with van der Waals surface area (Å²) in [6.07, 6.45) is 7.22. The van der Waals surface area contributed by atoms with Gasteiger partial charge in [0.1, 0.15) is 23.2 Å². The molecule has 3 heterocycles. The fraction of sp³-hybridized carbons (Fsp3) is 0.581. The van der Waals surface area contributed by atoms with E-state index in [2.05, 4.69) is 15.8 Å². The molecule has 3 aliphatic heterocycles. The highest BCUT2D eigenvalue weighted by atomic mass is 35.5. The maximum atomic E-state index is 14.2. The molecule has 4 aliphatic rings. The van der Waals surface area contributed by atoms with Gasteiger partial charge in [-0.3, -0.25) is 9.59 Å². The Hall–Kier alpha value is -3.60. The lowest BCUT2D eigenvalue weighted by molar-refractivity contribution is -0.145. The molecule has 1 unspecified atom stereocenters. The number of rotatable bonds is 3. The van der Waals surface area contributed by atoms with E-state index in [4.69, 9.17) is 21.2 Å². The Morgan fingerprint density at radius 3 is 2.72 bits per heavy atom. The molecule has 0 bridgehead atoms. The fourth-order valence-electron chi connectivity index (χ4n) is 6.17.